The first-order chi connectivity index (χ1) is 10.2. The molecule has 0 aliphatic carbocycles. The molecule has 2 N–H and O–H groups in total. The predicted octanol–water partition coefficient (Wildman–Crippen LogP) is 4.55. The summed E-state index contributed by atoms with van der Waals surface area (Å²) in [5, 5.41) is 2.87. The Hall–Kier alpha value is -2.03. The van der Waals surface area contributed by atoms with E-state index in [0.29, 0.717) is 0 Å². The monoisotopic (exact) mass is 297 g/mol. The lowest BCUT2D eigenvalue weighted by Gasteiger charge is -2.16. The second kappa shape index (κ2) is 5.76. The second-order valence-electron chi connectivity index (χ2n) is 4.93. The van der Waals surface area contributed by atoms with Gasteiger partial charge in [0, 0.05) is 10.4 Å². The zero-order valence-electron chi connectivity index (χ0n) is 11.7. The summed E-state index contributed by atoms with van der Waals surface area (Å²) in [5.41, 5.74) is 8.55. The van der Waals surface area contributed by atoms with E-state index in [2.05, 4.69) is 6.07 Å². The van der Waals surface area contributed by atoms with Gasteiger partial charge < -0.3 is 10.5 Å². The molecule has 3 rings (SSSR count). The van der Waals surface area contributed by atoms with Crippen molar-refractivity contribution < 1.29 is 4.74 Å². The van der Waals surface area contributed by atoms with Crippen LogP contribution in [0.5, 0.6) is 5.75 Å². The molecule has 0 saturated heterocycles. The van der Waals surface area contributed by atoms with E-state index < -0.39 is 0 Å². The molecule has 106 valence electrons. The molecule has 1 atom stereocenters. The first kappa shape index (κ1) is 13.9. The molecule has 0 amide bonds. The molecule has 0 aliphatic rings. The number of methoxy groups -OCH3 is 1. The van der Waals surface area contributed by atoms with Gasteiger partial charge in [-0.3, -0.25) is 0 Å². The Morgan fingerprint density at radius 3 is 2.24 bits per heavy atom. The van der Waals surface area contributed by atoms with Crippen LogP contribution in [0.15, 0.2) is 60.7 Å². The molecule has 0 heterocycles. The van der Waals surface area contributed by atoms with Crippen molar-refractivity contribution in [2.45, 2.75) is 6.04 Å². The SMILES string of the molecule is COc1ccc(C(N)c2ccc(Cl)c3ccccc23)cc1. The zero-order valence-corrected chi connectivity index (χ0v) is 12.5. The average Bonchev–Trinajstić information content (AvgIpc) is 2.55. The number of rotatable bonds is 3. The first-order valence-corrected chi connectivity index (χ1v) is 7.15. The minimum absolute atomic E-state index is 0.196. The van der Waals surface area contributed by atoms with E-state index in [0.717, 1.165) is 32.7 Å². The van der Waals surface area contributed by atoms with Gasteiger partial charge in [-0.2, -0.15) is 0 Å². The number of ether oxygens (including phenoxy) is 1. The Morgan fingerprint density at radius 1 is 0.905 bits per heavy atom. The standard InChI is InChI=1S/C18H16ClNO/c1-21-13-8-6-12(7-9-13)18(20)16-10-11-17(19)15-5-3-2-4-14(15)16/h2-11,18H,20H2,1H3. The van der Waals surface area contributed by atoms with Crippen LogP contribution < -0.4 is 10.5 Å². The number of fused-ring (bicyclic) bond motifs is 1. The van der Waals surface area contributed by atoms with Gasteiger partial charge in [0.1, 0.15) is 5.75 Å². The van der Waals surface area contributed by atoms with Gasteiger partial charge in [-0.1, -0.05) is 54.1 Å². The first-order valence-electron chi connectivity index (χ1n) is 6.77. The number of nitrogens with two attached hydrogens (primary N) is 1. The summed E-state index contributed by atoms with van der Waals surface area (Å²) in [7, 11) is 1.65. The van der Waals surface area contributed by atoms with Gasteiger partial charge >= 0.3 is 0 Å². The molecule has 1 unspecified atom stereocenters. The highest BCUT2D eigenvalue weighted by atomic mass is 35.5. The number of hydrogen-bond donors (Lipinski definition) is 1. The summed E-state index contributed by atoms with van der Waals surface area (Å²) in [6.45, 7) is 0. The van der Waals surface area contributed by atoms with Crippen LogP contribution in [-0.4, -0.2) is 7.11 Å². The molecule has 3 heteroatoms. The van der Waals surface area contributed by atoms with Crippen molar-refractivity contribution in [2.75, 3.05) is 7.11 Å². The van der Waals surface area contributed by atoms with Crippen LogP contribution in [0, 0.1) is 0 Å². The Labute approximate surface area is 129 Å². The summed E-state index contributed by atoms with van der Waals surface area (Å²) in [6, 6.07) is 19.6. The van der Waals surface area contributed by atoms with Gasteiger partial charge in [-0.25, -0.2) is 0 Å². The molecule has 0 bridgehead atoms. The Balaban J connectivity index is 2.08. The number of halogens is 1. The van der Waals surface area contributed by atoms with Gasteiger partial charge in [0.05, 0.1) is 13.2 Å². The van der Waals surface area contributed by atoms with E-state index in [1.54, 1.807) is 7.11 Å². The Kier molecular flexibility index (Phi) is 3.82. The molecular weight excluding hydrogens is 282 g/mol. The molecule has 0 radical (unpaired) electrons. The molecular formula is C18H16ClNO. The van der Waals surface area contributed by atoms with Crippen molar-refractivity contribution >= 4 is 22.4 Å². The van der Waals surface area contributed by atoms with Crippen LogP contribution in [0.3, 0.4) is 0 Å². The third-order valence-electron chi connectivity index (χ3n) is 3.71. The van der Waals surface area contributed by atoms with Crippen molar-refractivity contribution in [1.29, 1.82) is 0 Å². The van der Waals surface area contributed by atoms with Crippen LogP contribution >= 0.6 is 11.6 Å². The van der Waals surface area contributed by atoms with Crippen molar-refractivity contribution in [2.24, 2.45) is 5.73 Å². The molecule has 0 aromatic heterocycles. The highest BCUT2D eigenvalue weighted by Gasteiger charge is 2.13. The summed E-state index contributed by atoms with van der Waals surface area (Å²) in [6.07, 6.45) is 0. The maximum Gasteiger partial charge on any atom is 0.118 e. The van der Waals surface area contributed by atoms with E-state index in [-0.39, 0.29) is 6.04 Å². The van der Waals surface area contributed by atoms with E-state index in [9.17, 15) is 0 Å². The number of benzene rings is 3. The maximum atomic E-state index is 6.44. The minimum Gasteiger partial charge on any atom is -0.497 e. The molecule has 3 aromatic rings. The molecule has 3 aromatic carbocycles. The fraction of sp³-hybridized carbons (Fsp3) is 0.111. The maximum absolute atomic E-state index is 6.44. The van der Waals surface area contributed by atoms with Crippen LogP contribution in [0.25, 0.3) is 10.8 Å². The molecule has 0 saturated carbocycles. The summed E-state index contributed by atoms with van der Waals surface area (Å²) < 4.78 is 5.18. The lowest BCUT2D eigenvalue weighted by atomic mass is 9.94. The zero-order chi connectivity index (χ0) is 14.8. The van der Waals surface area contributed by atoms with Crippen LogP contribution in [0.1, 0.15) is 17.2 Å². The van der Waals surface area contributed by atoms with Crippen molar-refractivity contribution in [3.05, 3.63) is 76.8 Å². The Morgan fingerprint density at radius 2 is 1.57 bits per heavy atom. The lowest BCUT2D eigenvalue weighted by molar-refractivity contribution is 0.414. The van der Waals surface area contributed by atoms with Crippen molar-refractivity contribution in [3.8, 4) is 5.75 Å². The smallest absolute Gasteiger partial charge is 0.118 e. The molecule has 0 spiro atoms. The van der Waals surface area contributed by atoms with E-state index in [4.69, 9.17) is 22.1 Å². The molecule has 0 fully saturated rings. The van der Waals surface area contributed by atoms with Gasteiger partial charge in [0.25, 0.3) is 0 Å². The predicted molar refractivity (Wildman–Crippen MR) is 88.0 cm³/mol. The van der Waals surface area contributed by atoms with Crippen molar-refractivity contribution in [3.63, 3.8) is 0 Å². The average molecular weight is 298 g/mol. The van der Waals surface area contributed by atoms with Crippen LogP contribution in [0.4, 0.5) is 0 Å². The number of hydrogen-bond acceptors (Lipinski definition) is 2. The molecule has 21 heavy (non-hydrogen) atoms. The molecule has 0 aliphatic heterocycles. The summed E-state index contributed by atoms with van der Waals surface area (Å²) in [5.74, 6) is 0.826. The minimum atomic E-state index is -0.196. The highest BCUT2D eigenvalue weighted by Crippen LogP contribution is 2.32. The lowest BCUT2D eigenvalue weighted by Crippen LogP contribution is -2.12. The van der Waals surface area contributed by atoms with E-state index in [1.807, 2.05) is 54.6 Å². The summed E-state index contributed by atoms with van der Waals surface area (Å²) >= 11 is 6.26. The van der Waals surface area contributed by atoms with Gasteiger partial charge in [-0.05, 0) is 34.7 Å². The van der Waals surface area contributed by atoms with Gasteiger partial charge in [-0.15, -0.1) is 0 Å². The van der Waals surface area contributed by atoms with E-state index >= 15 is 0 Å². The van der Waals surface area contributed by atoms with Gasteiger partial charge in [0.2, 0.25) is 0 Å². The topological polar surface area (TPSA) is 35.2 Å². The third-order valence-corrected chi connectivity index (χ3v) is 4.04. The van der Waals surface area contributed by atoms with Crippen LogP contribution in [0.2, 0.25) is 5.02 Å². The second-order valence-corrected chi connectivity index (χ2v) is 5.34. The quantitative estimate of drug-likeness (QED) is 0.770. The largest absolute Gasteiger partial charge is 0.497 e. The van der Waals surface area contributed by atoms with E-state index in [1.165, 1.54) is 0 Å². The fourth-order valence-corrected chi connectivity index (χ4v) is 2.78. The van der Waals surface area contributed by atoms with Crippen LogP contribution in [-0.2, 0) is 0 Å². The highest BCUT2D eigenvalue weighted by molar-refractivity contribution is 6.35. The normalized spacial score (nSPS) is 12.3. The van der Waals surface area contributed by atoms with Gasteiger partial charge in [0.15, 0.2) is 0 Å². The Bertz CT molecular complexity index is 768. The molecule has 2 nitrogen and oxygen atoms in total. The third kappa shape index (κ3) is 2.60. The summed E-state index contributed by atoms with van der Waals surface area (Å²) in [4.78, 5) is 0. The van der Waals surface area contributed by atoms with Crippen molar-refractivity contribution in [1.82, 2.24) is 0 Å². The fourth-order valence-electron chi connectivity index (χ4n) is 2.55.